The minimum atomic E-state index is 0.456. The fourth-order valence-electron chi connectivity index (χ4n) is 2.84. The van der Waals surface area contributed by atoms with E-state index in [0.29, 0.717) is 5.92 Å². The second-order valence-corrected chi connectivity index (χ2v) is 5.39. The zero-order valence-electron chi connectivity index (χ0n) is 11.4. The Morgan fingerprint density at radius 1 is 1.20 bits per heavy atom. The summed E-state index contributed by atoms with van der Waals surface area (Å²) < 4.78 is 2.05. The van der Waals surface area contributed by atoms with Crippen molar-refractivity contribution in [2.24, 2.45) is 0 Å². The fourth-order valence-corrected chi connectivity index (χ4v) is 2.84. The predicted octanol–water partition coefficient (Wildman–Crippen LogP) is 2.95. The van der Waals surface area contributed by atoms with Crippen LogP contribution >= 0.6 is 0 Å². The number of aryl methyl sites for hydroxylation is 1. The first kappa shape index (κ1) is 11.5. The van der Waals surface area contributed by atoms with Gasteiger partial charge in [0, 0.05) is 18.7 Å². The molecule has 0 aliphatic carbocycles. The summed E-state index contributed by atoms with van der Waals surface area (Å²) in [7, 11) is 0. The Kier molecular flexibility index (Phi) is 2.49. The van der Waals surface area contributed by atoms with Crippen LogP contribution < -0.4 is 5.32 Å². The molecule has 4 heteroatoms. The van der Waals surface area contributed by atoms with Gasteiger partial charge in [-0.05, 0) is 24.6 Å². The quantitative estimate of drug-likeness (QED) is 0.735. The Labute approximate surface area is 117 Å². The number of benzene rings is 1. The number of hydrogen-bond donors (Lipinski definition) is 1. The van der Waals surface area contributed by atoms with E-state index in [1.807, 2.05) is 10.7 Å². The lowest BCUT2D eigenvalue weighted by Gasteiger charge is -2.25. The molecule has 0 fully saturated rings. The molecule has 1 aliphatic heterocycles. The molecule has 3 heterocycles. The molecule has 4 rings (SSSR count). The van der Waals surface area contributed by atoms with Gasteiger partial charge in [0.15, 0.2) is 5.65 Å². The Bertz CT molecular complexity index is 758. The van der Waals surface area contributed by atoms with E-state index in [-0.39, 0.29) is 0 Å². The molecule has 1 aliphatic rings. The topological polar surface area (TPSA) is 42.7 Å². The highest BCUT2D eigenvalue weighted by Crippen LogP contribution is 2.30. The minimum absolute atomic E-state index is 0.456. The SMILES string of the molecule is Cc1ccc(C2CNc3c4cccnc4nn3C2)cc1. The van der Waals surface area contributed by atoms with Crippen LogP contribution in [-0.4, -0.2) is 21.3 Å². The van der Waals surface area contributed by atoms with Crippen LogP contribution in [0.5, 0.6) is 0 Å². The standard InChI is InChI=1S/C16H16N4/c1-11-4-6-12(7-5-11)13-9-18-16-14-3-2-8-17-15(14)19-20(16)10-13/h2-8,13,18H,9-10H2,1H3. The van der Waals surface area contributed by atoms with Crippen molar-refractivity contribution in [2.45, 2.75) is 19.4 Å². The van der Waals surface area contributed by atoms with Gasteiger partial charge in [0.2, 0.25) is 0 Å². The predicted molar refractivity (Wildman–Crippen MR) is 79.9 cm³/mol. The molecule has 1 unspecified atom stereocenters. The smallest absolute Gasteiger partial charge is 0.183 e. The van der Waals surface area contributed by atoms with Crippen molar-refractivity contribution in [2.75, 3.05) is 11.9 Å². The summed E-state index contributed by atoms with van der Waals surface area (Å²) in [6.07, 6.45) is 1.79. The van der Waals surface area contributed by atoms with Gasteiger partial charge >= 0.3 is 0 Å². The molecule has 4 nitrogen and oxygen atoms in total. The molecule has 100 valence electrons. The van der Waals surface area contributed by atoms with Gasteiger partial charge in [0.05, 0.1) is 11.9 Å². The lowest BCUT2D eigenvalue weighted by molar-refractivity contribution is 0.508. The lowest BCUT2D eigenvalue weighted by Crippen LogP contribution is -2.26. The van der Waals surface area contributed by atoms with Crippen molar-refractivity contribution in [3.05, 3.63) is 53.7 Å². The first-order valence-corrected chi connectivity index (χ1v) is 6.93. The summed E-state index contributed by atoms with van der Waals surface area (Å²) in [6.45, 7) is 3.97. The average Bonchev–Trinajstić information content (AvgIpc) is 2.85. The molecular weight excluding hydrogens is 248 g/mol. The molecule has 0 saturated heterocycles. The van der Waals surface area contributed by atoms with Crippen LogP contribution in [0, 0.1) is 6.92 Å². The largest absolute Gasteiger partial charge is 0.369 e. The van der Waals surface area contributed by atoms with Crippen LogP contribution in [-0.2, 0) is 6.54 Å². The number of nitrogens with one attached hydrogen (secondary N) is 1. The molecule has 0 radical (unpaired) electrons. The van der Waals surface area contributed by atoms with Crippen LogP contribution in [0.1, 0.15) is 17.0 Å². The average molecular weight is 264 g/mol. The van der Waals surface area contributed by atoms with Crippen LogP contribution in [0.2, 0.25) is 0 Å². The number of rotatable bonds is 1. The number of anilines is 1. The van der Waals surface area contributed by atoms with Gasteiger partial charge in [0.25, 0.3) is 0 Å². The van der Waals surface area contributed by atoms with E-state index in [2.05, 4.69) is 52.7 Å². The van der Waals surface area contributed by atoms with E-state index in [1.54, 1.807) is 6.20 Å². The minimum Gasteiger partial charge on any atom is -0.369 e. The number of hydrogen-bond acceptors (Lipinski definition) is 3. The number of pyridine rings is 1. The Morgan fingerprint density at radius 2 is 2.05 bits per heavy atom. The first-order valence-electron chi connectivity index (χ1n) is 6.93. The van der Waals surface area contributed by atoms with Gasteiger partial charge in [-0.3, -0.25) is 0 Å². The van der Waals surface area contributed by atoms with E-state index in [0.717, 1.165) is 29.9 Å². The van der Waals surface area contributed by atoms with Crippen molar-refractivity contribution >= 4 is 16.9 Å². The van der Waals surface area contributed by atoms with Crippen LogP contribution in [0.15, 0.2) is 42.6 Å². The van der Waals surface area contributed by atoms with Crippen molar-refractivity contribution in [1.82, 2.24) is 14.8 Å². The van der Waals surface area contributed by atoms with E-state index in [1.165, 1.54) is 11.1 Å². The molecule has 20 heavy (non-hydrogen) atoms. The molecule has 0 bridgehead atoms. The van der Waals surface area contributed by atoms with Crippen LogP contribution in [0.4, 0.5) is 5.82 Å². The maximum Gasteiger partial charge on any atom is 0.183 e. The van der Waals surface area contributed by atoms with E-state index < -0.39 is 0 Å². The molecular formula is C16H16N4. The van der Waals surface area contributed by atoms with Crippen molar-refractivity contribution in [3.8, 4) is 0 Å². The molecule has 0 amide bonds. The Hall–Kier alpha value is -2.36. The molecule has 1 aromatic carbocycles. The van der Waals surface area contributed by atoms with Gasteiger partial charge in [-0.2, -0.15) is 5.10 Å². The van der Waals surface area contributed by atoms with Gasteiger partial charge in [0.1, 0.15) is 5.82 Å². The molecule has 0 spiro atoms. The van der Waals surface area contributed by atoms with Crippen molar-refractivity contribution in [3.63, 3.8) is 0 Å². The normalized spacial score (nSPS) is 17.8. The summed E-state index contributed by atoms with van der Waals surface area (Å²) in [5, 5.41) is 9.21. The highest BCUT2D eigenvalue weighted by atomic mass is 15.4. The summed E-state index contributed by atoms with van der Waals surface area (Å²) in [4.78, 5) is 4.32. The van der Waals surface area contributed by atoms with Gasteiger partial charge in [-0.15, -0.1) is 0 Å². The monoisotopic (exact) mass is 264 g/mol. The van der Waals surface area contributed by atoms with Crippen molar-refractivity contribution in [1.29, 1.82) is 0 Å². The third-order valence-electron chi connectivity index (χ3n) is 3.97. The molecule has 3 aromatic rings. The molecule has 0 saturated carbocycles. The fraction of sp³-hybridized carbons (Fsp3) is 0.250. The van der Waals surface area contributed by atoms with Gasteiger partial charge in [-0.25, -0.2) is 9.67 Å². The van der Waals surface area contributed by atoms with Crippen molar-refractivity contribution < 1.29 is 0 Å². The lowest BCUT2D eigenvalue weighted by atomic mass is 9.97. The van der Waals surface area contributed by atoms with E-state index in [4.69, 9.17) is 0 Å². The third kappa shape index (κ3) is 1.76. The highest BCUT2D eigenvalue weighted by molar-refractivity contribution is 5.87. The molecule has 2 aromatic heterocycles. The second-order valence-electron chi connectivity index (χ2n) is 5.39. The highest BCUT2D eigenvalue weighted by Gasteiger charge is 2.22. The summed E-state index contributed by atoms with van der Waals surface area (Å²) >= 11 is 0. The zero-order chi connectivity index (χ0) is 13.5. The van der Waals surface area contributed by atoms with Gasteiger partial charge < -0.3 is 5.32 Å². The number of aromatic nitrogens is 3. The number of fused-ring (bicyclic) bond motifs is 3. The second kappa shape index (κ2) is 4.34. The summed E-state index contributed by atoms with van der Waals surface area (Å²) in [5.74, 6) is 1.55. The van der Waals surface area contributed by atoms with Crippen LogP contribution in [0.25, 0.3) is 11.0 Å². The Morgan fingerprint density at radius 3 is 2.90 bits per heavy atom. The third-order valence-corrected chi connectivity index (χ3v) is 3.97. The number of nitrogens with zero attached hydrogens (tertiary/aromatic N) is 3. The maximum atomic E-state index is 4.59. The molecule has 1 N–H and O–H groups in total. The summed E-state index contributed by atoms with van der Waals surface area (Å²) in [5.41, 5.74) is 3.48. The Balaban J connectivity index is 1.71. The van der Waals surface area contributed by atoms with E-state index in [9.17, 15) is 0 Å². The maximum absolute atomic E-state index is 4.59. The first-order chi connectivity index (χ1) is 9.81. The molecule has 1 atom stereocenters. The van der Waals surface area contributed by atoms with Crippen LogP contribution in [0.3, 0.4) is 0 Å². The van der Waals surface area contributed by atoms with E-state index >= 15 is 0 Å². The zero-order valence-corrected chi connectivity index (χ0v) is 11.4. The van der Waals surface area contributed by atoms with Gasteiger partial charge in [-0.1, -0.05) is 29.8 Å². The summed E-state index contributed by atoms with van der Waals surface area (Å²) in [6, 6.07) is 12.8.